The predicted octanol–water partition coefficient (Wildman–Crippen LogP) is 2.26. The molecule has 2 N–H and O–H groups in total. The molecule has 0 aliphatic carbocycles. The van der Waals surface area contributed by atoms with E-state index in [1.807, 2.05) is 0 Å². The van der Waals surface area contributed by atoms with E-state index in [1.54, 1.807) is 13.8 Å². The summed E-state index contributed by atoms with van der Waals surface area (Å²) in [5.41, 5.74) is -0.680. The molecular formula is C12H15FN2O5. The number of hydrogen-bond acceptors (Lipinski definition) is 5. The van der Waals surface area contributed by atoms with Crippen molar-refractivity contribution in [3.63, 3.8) is 0 Å². The summed E-state index contributed by atoms with van der Waals surface area (Å²) in [5, 5.41) is 22.3. The number of rotatable bonds is 6. The van der Waals surface area contributed by atoms with E-state index in [-0.39, 0.29) is 17.4 Å². The Bertz CT molecular complexity index is 533. The molecule has 7 nitrogen and oxygen atoms in total. The summed E-state index contributed by atoms with van der Waals surface area (Å²) in [6.45, 7) is 3.32. The molecule has 8 heteroatoms. The molecule has 1 aromatic rings. The number of ether oxygens (including phenoxy) is 1. The van der Waals surface area contributed by atoms with E-state index < -0.39 is 28.4 Å². The highest BCUT2D eigenvalue weighted by molar-refractivity contribution is 5.78. The number of benzene rings is 1. The second-order valence-corrected chi connectivity index (χ2v) is 4.47. The van der Waals surface area contributed by atoms with Crippen LogP contribution in [0.25, 0.3) is 0 Å². The van der Waals surface area contributed by atoms with Crippen LogP contribution in [-0.2, 0) is 4.79 Å². The van der Waals surface area contributed by atoms with Crippen molar-refractivity contribution in [3.8, 4) is 5.75 Å². The molecule has 0 aliphatic rings. The summed E-state index contributed by atoms with van der Waals surface area (Å²) in [7, 11) is 1.21. The van der Waals surface area contributed by atoms with Gasteiger partial charge in [-0.1, -0.05) is 13.8 Å². The minimum atomic E-state index is -1.14. The van der Waals surface area contributed by atoms with E-state index in [4.69, 9.17) is 9.84 Å². The maximum absolute atomic E-state index is 13.8. The van der Waals surface area contributed by atoms with E-state index in [0.29, 0.717) is 6.07 Å². The first-order chi connectivity index (χ1) is 9.27. The van der Waals surface area contributed by atoms with Crippen molar-refractivity contribution < 1.29 is 24.0 Å². The summed E-state index contributed by atoms with van der Waals surface area (Å²) in [6, 6.07) is 0.752. The Balaban J connectivity index is 3.19. The molecule has 0 saturated carbocycles. The Morgan fingerprint density at radius 3 is 2.50 bits per heavy atom. The molecule has 0 heterocycles. The number of nitro benzene ring substituents is 1. The molecule has 1 aromatic carbocycles. The lowest BCUT2D eigenvalue weighted by Crippen LogP contribution is -2.34. The number of anilines is 1. The standard InChI is InChI=1S/C12H15FN2O5/c1-6(2)11(12(16)17)14-8-5-10(20-3)9(15(18)19)4-7(8)13/h4-6,11,14H,1-3H3,(H,16,17)/t11-/m0/s1. The van der Waals surface area contributed by atoms with E-state index in [0.717, 1.165) is 6.07 Å². The van der Waals surface area contributed by atoms with Crippen LogP contribution in [0.4, 0.5) is 15.8 Å². The van der Waals surface area contributed by atoms with Crippen molar-refractivity contribution >= 4 is 17.3 Å². The number of nitrogens with one attached hydrogen (secondary N) is 1. The van der Waals surface area contributed by atoms with Gasteiger partial charge in [-0.05, 0) is 5.92 Å². The number of hydrogen-bond donors (Lipinski definition) is 2. The number of nitrogens with zero attached hydrogens (tertiary/aromatic N) is 1. The van der Waals surface area contributed by atoms with E-state index in [1.165, 1.54) is 7.11 Å². The lowest BCUT2D eigenvalue weighted by atomic mass is 10.0. The zero-order valence-corrected chi connectivity index (χ0v) is 11.2. The Labute approximate surface area is 114 Å². The number of aliphatic carboxylic acids is 1. The van der Waals surface area contributed by atoms with E-state index in [2.05, 4.69) is 5.32 Å². The highest BCUT2D eigenvalue weighted by atomic mass is 19.1. The number of nitro groups is 1. The number of carbonyl (C=O) groups is 1. The Kier molecular flexibility index (Phi) is 4.84. The third-order valence-electron chi connectivity index (χ3n) is 2.71. The summed E-state index contributed by atoms with van der Waals surface area (Å²) in [6.07, 6.45) is 0. The molecule has 0 fully saturated rings. The van der Waals surface area contributed by atoms with E-state index in [9.17, 15) is 19.3 Å². The molecule has 0 saturated heterocycles. The summed E-state index contributed by atoms with van der Waals surface area (Å²) in [4.78, 5) is 21.0. The van der Waals surface area contributed by atoms with Gasteiger partial charge in [0.1, 0.15) is 6.04 Å². The molecule has 0 aliphatic heterocycles. The first-order valence-corrected chi connectivity index (χ1v) is 5.79. The van der Waals surface area contributed by atoms with Crippen LogP contribution in [0.3, 0.4) is 0 Å². The first kappa shape index (κ1) is 15.7. The minimum absolute atomic E-state index is 0.146. The maximum Gasteiger partial charge on any atom is 0.326 e. The third-order valence-corrected chi connectivity index (χ3v) is 2.71. The van der Waals surface area contributed by atoms with Gasteiger partial charge in [-0.25, -0.2) is 9.18 Å². The van der Waals surface area contributed by atoms with Gasteiger partial charge in [-0.2, -0.15) is 0 Å². The van der Waals surface area contributed by atoms with Gasteiger partial charge in [0, 0.05) is 6.07 Å². The van der Waals surface area contributed by atoms with Gasteiger partial charge < -0.3 is 15.2 Å². The fourth-order valence-electron chi connectivity index (χ4n) is 1.64. The zero-order valence-electron chi connectivity index (χ0n) is 11.2. The smallest absolute Gasteiger partial charge is 0.326 e. The molecule has 0 unspecified atom stereocenters. The van der Waals surface area contributed by atoms with Crippen LogP contribution in [0.2, 0.25) is 0 Å². The van der Waals surface area contributed by atoms with Crippen LogP contribution < -0.4 is 10.1 Å². The molecule has 1 rings (SSSR count). The topological polar surface area (TPSA) is 102 Å². The Hall–Kier alpha value is -2.38. The molecule has 0 spiro atoms. The number of halogens is 1. The first-order valence-electron chi connectivity index (χ1n) is 5.79. The van der Waals surface area contributed by atoms with Crippen molar-refractivity contribution in [3.05, 3.63) is 28.1 Å². The van der Waals surface area contributed by atoms with Gasteiger partial charge >= 0.3 is 11.7 Å². The predicted molar refractivity (Wildman–Crippen MR) is 69.5 cm³/mol. The number of carboxylic acid groups (broad SMARTS) is 1. The molecule has 20 heavy (non-hydrogen) atoms. The fraction of sp³-hybridized carbons (Fsp3) is 0.417. The third kappa shape index (κ3) is 3.34. The highest BCUT2D eigenvalue weighted by Crippen LogP contribution is 2.32. The molecule has 0 bridgehead atoms. The van der Waals surface area contributed by atoms with Crippen LogP contribution in [0.1, 0.15) is 13.8 Å². The minimum Gasteiger partial charge on any atom is -0.490 e. The average Bonchev–Trinajstić information content (AvgIpc) is 2.35. The summed E-state index contributed by atoms with van der Waals surface area (Å²) in [5.74, 6) is -2.50. The van der Waals surface area contributed by atoms with Crippen molar-refractivity contribution in [2.45, 2.75) is 19.9 Å². The van der Waals surface area contributed by atoms with Gasteiger partial charge in [0.25, 0.3) is 0 Å². The Morgan fingerprint density at radius 2 is 2.10 bits per heavy atom. The second-order valence-electron chi connectivity index (χ2n) is 4.47. The van der Waals surface area contributed by atoms with Crippen molar-refractivity contribution in [1.82, 2.24) is 0 Å². The van der Waals surface area contributed by atoms with Gasteiger partial charge in [0.15, 0.2) is 11.6 Å². The molecule has 110 valence electrons. The van der Waals surface area contributed by atoms with Gasteiger partial charge in [-0.15, -0.1) is 0 Å². The fourth-order valence-corrected chi connectivity index (χ4v) is 1.64. The lowest BCUT2D eigenvalue weighted by Gasteiger charge is -2.19. The lowest BCUT2D eigenvalue weighted by molar-refractivity contribution is -0.385. The highest BCUT2D eigenvalue weighted by Gasteiger charge is 2.25. The SMILES string of the molecule is COc1cc(N[C@H](C(=O)O)C(C)C)c(F)cc1[N+](=O)[O-]. The molecule has 0 radical (unpaired) electrons. The Morgan fingerprint density at radius 1 is 1.50 bits per heavy atom. The van der Waals surface area contributed by atoms with E-state index >= 15 is 0 Å². The molecule has 1 atom stereocenters. The van der Waals surface area contributed by atoms with Gasteiger partial charge in [0.2, 0.25) is 0 Å². The van der Waals surface area contributed by atoms with Crippen LogP contribution >= 0.6 is 0 Å². The van der Waals surface area contributed by atoms with Gasteiger partial charge in [-0.3, -0.25) is 10.1 Å². The summed E-state index contributed by atoms with van der Waals surface area (Å²) < 4.78 is 18.6. The monoisotopic (exact) mass is 286 g/mol. The summed E-state index contributed by atoms with van der Waals surface area (Å²) >= 11 is 0. The normalized spacial score (nSPS) is 12.1. The van der Waals surface area contributed by atoms with Gasteiger partial charge in [0.05, 0.1) is 23.8 Å². The van der Waals surface area contributed by atoms with Crippen LogP contribution in [-0.4, -0.2) is 29.2 Å². The van der Waals surface area contributed by atoms with Crippen LogP contribution in [0, 0.1) is 21.8 Å². The number of methoxy groups -OCH3 is 1. The van der Waals surface area contributed by atoms with Crippen LogP contribution in [0.15, 0.2) is 12.1 Å². The average molecular weight is 286 g/mol. The number of carboxylic acids is 1. The van der Waals surface area contributed by atoms with Crippen molar-refractivity contribution in [1.29, 1.82) is 0 Å². The quantitative estimate of drug-likeness (QED) is 0.614. The van der Waals surface area contributed by atoms with Crippen molar-refractivity contribution in [2.24, 2.45) is 5.92 Å². The molecule has 0 aromatic heterocycles. The molecule has 0 amide bonds. The van der Waals surface area contributed by atoms with Crippen LogP contribution in [0.5, 0.6) is 5.75 Å². The molecular weight excluding hydrogens is 271 g/mol. The zero-order chi connectivity index (χ0) is 15.4. The maximum atomic E-state index is 13.8. The second kappa shape index (κ2) is 6.18. The van der Waals surface area contributed by atoms with Crippen molar-refractivity contribution in [2.75, 3.05) is 12.4 Å². The largest absolute Gasteiger partial charge is 0.490 e.